The molecule has 21 heavy (non-hydrogen) atoms. The van der Waals surface area contributed by atoms with E-state index < -0.39 is 5.97 Å². The lowest BCUT2D eigenvalue weighted by Crippen LogP contribution is -2.75. The van der Waals surface area contributed by atoms with E-state index in [0.29, 0.717) is 11.3 Å². The number of nitrogens with one attached hydrogen (secondary N) is 1. The summed E-state index contributed by atoms with van der Waals surface area (Å²) in [5.41, 5.74) is 8.08. The first-order valence-corrected chi connectivity index (χ1v) is 6.41. The van der Waals surface area contributed by atoms with Crippen molar-refractivity contribution in [2.24, 2.45) is 5.73 Å². The number of hydrogen-bond donors (Lipinski definition) is 2. The zero-order valence-corrected chi connectivity index (χ0v) is 11.9. The molecule has 0 heterocycles. The van der Waals surface area contributed by atoms with Gasteiger partial charge in [-0.2, -0.15) is 0 Å². The van der Waals surface area contributed by atoms with E-state index in [0.717, 1.165) is 11.1 Å². The lowest BCUT2D eigenvalue weighted by molar-refractivity contribution is -0.721. The van der Waals surface area contributed by atoms with Crippen LogP contribution < -0.4 is 15.6 Å². The van der Waals surface area contributed by atoms with E-state index in [1.807, 2.05) is 31.2 Å². The molecule has 108 valence electrons. The highest BCUT2D eigenvalue weighted by Gasteiger charge is 2.11. The molecule has 2 aromatic rings. The summed E-state index contributed by atoms with van der Waals surface area (Å²) in [5.74, 6) is 0.315. The normalized spacial score (nSPS) is 11.0. The number of carbonyl (C=O) groups excluding carboxylic acids is 1. The molecule has 0 aliphatic heterocycles. The van der Waals surface area contributed by atoms with E-state index in [-0.39, 0.29) is 5.84 Å². The fourth-order valence-electron chi connectivity index (χ4n) is 1.70. The summed E-state index contributed by atoms with van der Waals surface area (Å²) in [6.07, 6.45) is 0. The van der Waals surface area contributed by atoms with Gasteiger partial charge in [0.05, 0.1) is 18.2 Å². The predicted octanol–water partition coefficient (Wildman–Crippen LogP) is 0.562. The Balaban J connectivity index is 2.08. The quantitative estimate of drug-likeness (QED) is 0.372. The number of carbonyl (C=O) groups is 1. The van der Waals surface area contributed by atoms with Crippen LogP contribution in [0.25, 0.3) is 0 Å². The summed E-state index contributed by atoms with van der Waals surface area (Å²) in [4.78, 5) is 16.9. The van der Waals surface area contributed by atoms with Gasteiger partial charge in [-0.15, -0.1) is 0 Å². The van der Waals surface area contributed by atoms with E-state index in [9.17, 15) is 4.79 Å². The molecule has 0 aliphatic carbocycles. The zero-order valence-electron chi connectivity index (χ0n) is 11.9. The SMILES string of the molecule is COc1cccc(C(=O)O[NH+]=C(N)c2ccc(C)cc2)c1. The maximum absolute atomic E-state index is 11.9. The van der Waals surface area contributed by atoms with Gasteiger partial charge in [0.1, 0.15) is 5.75 Å². The molecule has 0 atom stereocenters. The van der Waals surface area contributed by atoms with Crippen LogP contribution >= 0.6 is 0 Å². The first kappa shape index (κ1) is 14.6. The Kier molecular flexibility index (Phi) is 4.56. The monoisotopic (exact) mass is 285 g/mol. The average Bonchev–Trinajstić information content (AvgIpc) is 2.53. The van der Waals surface area contributed by atoms with Crippen molar-refractivity contribution in [2.45, 2.75) is 6.92 Å². The molecule has 0 aromatic heterocycles. The highest BCUT2D eigenvalue weighted by molar-refractivity contribution is 5.93. The molecule has 0 spiro atoms. The van der Waals surface area contributed by atoms with Crippen molar-refractivity contribution >= 4 is 11.8 Å². The second kappa shape index (κ2) is 6.56. The Labute approximate surface area is 123 Å². The summed E-state index contributed by atoms with van der Waals surface area (Å²) in [6, 6.07) is 14.2. The second-order valence-corrected chi connectivity index (χ2v) is 4.50. The lowest BCUT2D eigenvalue weighted by atomic mass is 10.1. The largest absolute Gasteiger partial charge is 0.497 e. The Morgan fingerprint density at radius 1 is 1.10 bits per heavy atom. The molecule has 0 bridgehead atoms. The van der Waals surface area contributed by atoms with E-state index in [4.69, 9.17) is 15.3 Å². The van der Waals surface area contributed by atoms with Gasteiger partial charge < -0.3 is 4.74 Å². The van der Waals surface area contributed by atoms with Gasteiger partial charge in [-0.25, -0.2) is 4.79 Å². The van der Waals surface area contributed by atoms with Gasteiger partial charge in [0.15, 0.2) is 0 Å². The molecule has 0 amide bonds. The smallest absolute Gasteiger partial charge is 0.388 e. The van der Waals surface area contributed by atoms with Gasteiger partial charge in [-0.1, -0.05) is 28.9 Å². The summed E-state index contributed by atoms with van der Waals surface area (Å²) in [5, 5.41) is 2.46. The second-order valence-electron chi connectivity index (χ2n) is 4.50. The van der Waals surface area contributed by atoms with Crippen LogP contribution in [0.15, 0.2) is 48.5 Å². The molecule has 5 heteroatoms. The van der Waals surface area contributed by atoms with Crippen LogP contribution in [-0.4, -0.2) is 18.9 Å². The summed E-state index contributed by atoms with van der Waals surface area (Å²) in [6.45, 7) is 1.98. The van der Waals surface area contributed by atoms with Crippen molar-refractivity contribution in [2.75, 3.05) is 7.11 Å². The number of nitrogen functional groups attached to an aromatic ring is 1. The molecule has 0 aliphatic rings. The average molecular weight is 285 g/mol. The number of rotatable bonds is 4. The Morgan fingerprint density at radius 3 is 2.48 bits per heavy atom. The first-order chi connectivity index (χ1) is 10.1. The minimum absolute atomic E-state index is 0.270. The minimum Gasteiger partial charge on any atom is -0.497 e. The molecule has 3 N–H and O–H groups in total. The molecule has 0 saturated heterocycles. The summed E-state index contributed by atoms with van der Waals surface area (Å²) in [7, 11) is 1.53. The first-order valence-electron chi connectivity index (χ1n) is 6.41. The van der Waals surface area contributed by atoms with E-state index in [2.05, 4.69) is 5.16 Å². The van der Waals surface area contributed by atoms with Crippen LogP contribution in [0, 0.1) is 6.92 Å². The van der Waals surface area contributed by atoms with Gasteiger partial charge in [0, 0.05) is 0 Å². The van der Waals surface area contributed by atoms with Gasteiger partial charge in [-0.05, 0) is 37.3 Å². The van der Waals surface area contributed by atoms with Crippen LogP contribution in [0.5, 0.6) is 5.75 Å². The fraction of sp³-hybridized carbons (Fsp3) is 0.125. The molecule has 2 rings (SSSR count). The topological polar surface area (TPSA) is 75.5 Å². The highest BCUT2D eigenvalue weighted by Crippen LogP contribution is 2.12. The molecule has 2 aromatic carbocycles. The van der Waals surface area contributed by atoms with Gasteiger partial charge >= 0.3 is 11.8 Å². The number of nitrogens with two attached hydrogens (primary N) is 1. The third-order valence-electron chi connectivity index (χ3n) is 2.92. The van der Waals surface area contributed by atoms with Crippen molar-refractivity contribution in [3.05, 3.63) is 65.2 Å². The van der Waals surface area contributed by atoms with Gasteiger partial charge in [0.2, 0.25) is 0 Å². The number of ether oxygens (including phenoxy) is 1. The molecule has 0 radical (unpaired) electrons. The van der Waals surface area contributed by atoms with Gasteiger partial charge in [-0.3, -0.25) is 10.6 Å². The van der Waals surface area contributed by atoms with E-state index in [1.165, 1.54) is 7.11 Å². The van der Waals surface area contributed by atoms with Crippen LogP contribution in [0.1, 0.15) is 21.5 Å². The molecule has 5 nitrogen and oxygen atoms in total. The van der Waals surface area contributed by atoms with Crippen LogP contribution in [0.4, 0.5) is 0 Å². The Morgan fingerprint density at radius 2 is 1.81 bits per heavy atom. The van der Waals surface area contributed by atoms with Crippen molar-refractivity contribution in [1.82, 2.24) is 0 Å². The number of hydrogen-bond acceptors (Lipinski definition) is 3. The minimum atomic E-state index is -0.538. The maximum Gasteiger partial charge on any atom is 0.388 e. The van der Waals surface area contributed by atoms with Crippen molar-refractivity contribution in [3.63, 3.8) is 0 Å². The number of methoxy groups -OCH3 is 1. The summed E-state index contributed by atoms with van der Waals surface area (Å²) >= 11 is 0. The molecular weight excluding hydrogens is 268 g/mol. The molecular formula is C16H17N2O3+. The molecule has 0 fully saturated rings. The number of aryl methyl sites for hydroxylation is 1. The van der Waals surface area contributed by atoms with Crippen LogP contribution in [0.3, 0.4) is 0 Å². The zero-order chi connectivity index (χ0) is 15.2. The van der Waals surface area contributed by atoms with E-state index in [1.54, 1.807) is 24.3 Å². The number of amidine groups is 1. The standard InChI is InChI=1S/C16H16N2O3/c1-11-6-8-12(9-7-11)15(17)18-21-16(19)13-4-3-5-14(10-13)20-2/h3-10H,1-2H3,(H2,17,18)/p+1. The third kappa shape index (κ3) is 3.82. The maximum atomic E-state index is 11.9. The van der Waals surface area contributed by atoms with Crippen LogP contribution in [0.2, 0.25) is 0 Å². The fourth-order valence-corrected chi connectivity index (χ4v) is 1.70. The number of benzene rings is 2. The summed E-state index contributed by atoms with van der Waals surface area (Å²) < 4.78 is 5.05. The van der Waals surface area contributed by atoms with Crippen LogP contribution in [-0.2, 0) is 4.84 Å². The predicted molar refractivity (Wildman–Crippen MR) is 78.8 cm³/mol. The molecule has 0 unspecified atom stereocenters. The highest BCUT2D eigenvalue weighted by atomic mass is 16.7. The van der Waals surface area contributed by atoms with Crippen molar-refractivity contribution < 1.29 is 19.5 Å². The van der Waals surface area contributed by atoms with E-state index >= 15 is 0 Å². The Bertz CT molecular complexity index is 663. The lowest BCUT2D eigenvalue weighted by Gasteiger charge is -2.01. The molecule has 0 saturated carbocycles. The van der Waals surface area contributed by atoms with Crippen molar-refractivity contribution in [1.29, 1.82) is 0 Å². The third-order valence-corrected chi connectivity index (χ3v) is 2.92. The Hall–Kier alpha value is -2.82. The van der Waals surface area contributed by atoms with Gasteiger partial charge in [0.25, 0.3) is 0 Å². The van der Waals surface area contributed by atoms with Crippen molar-refractivity contribution in [3.8, 4) is 5.75 Å².